The lowest BCUT2D eigenvalue weighted by molar-refractivity contribution is 0.0203. The van der Waals surface area contributed by atoms with Crippen LogP contribution >= 0.6 is 0 Å². The number of rotatable bonds is 11. The van der Waals surface area contributed by atoms with Crippen molar-refractivity contribution in [2.75, 3.05) is 46.1 Å². The van der Waals surface area contributed by atoms with Crippen molar-refractivity contribution in [2.24, 2.45) is 16.8 Å². The van der Waals surface area contributed by atoms with E-state index in [0.717, 1.165) is 64.7 Å². The molecule has 0 aliphatic carbocycles. The molecule has 0 aromatic heterocycles. The van der Waals surface area contributed by atoms with Crippen molar-refractivity contribution in [1.82, 2.24) is 16.0 Å². The first kappa shape index (κ1) is 26.5. The molecular weight excluding hydrogens is 384 g/mol. The molecule has 1 heterocycles. The summed E-state index contributed by atoms with van der Waals surface area (Å²) in [7, 11) is 0. The number of nitrogens with zero attached hydrogens (tertiary/aromatic N) is 1. The first-order valence-corrected chi connectivity index (χ1v) is 11.4. The van der Waals surface area contributed by atoms with E-state index in [1.165, 1.54) is 0 Å². The van der Waals surface area contributed by atoms with Gasteiger partial charge in [0.15, 0.2) is 5.96 Å². The molecule has 3 N–H and O–H groups in total. The minimum atomic E-state index is -0.516. The van der Waals surface area contributed by atoms with Crippen LogP contribution in [-0.2, 0) is 14.2 Å². The minimum absolute atomic E-state index is 0.0990. The molecule has 1 saturated heterocycles. The molecule has 0 aromatic rings. The second-order valence-corrected chi connectivity index (χ2v) is 9.13. The summed E-state index contributed by atoms with van der Waals surface area (Å²) in [5, 5.41) is 9.52. The van der Waals surface area contributed by atoms with Gasteiger partial charge in [0.25, 0.3) is 0 Å². The SMILES string of the molecule is CCNC(=NCC(NC(=O)OC(C)(C)C)C(C)C)NCCCOCC1CCOCC1. The van der Waals surface area contributed by atoms with Gasteiger partial charge in [0.1, 0.15) is 5.60 Å². The summed E-state index contributed by atoms with van der Waals surface area (Å²) in [5.41, 5.74) is -0.516. The van der Waals surface area contributed by atoms with E-state index < -0.39 is 11.7 Å². The lowest BCUT2D eigenvalue weighted by atomic mass is 10.0. The van der Waals surface area contributed by atoms with Gasteiger partial charge in [0.2, 0.25) is 0 Å². The Kier molecular flexibility index (Phi) is 12.8. The Morgan fingerprint density at radius 1 is 1.20 bits per heavy atom. The summed E-state index contributed by atoms with van der Waals surface area (Å²) in [6.07, 6.45) is 2.71. The van der Waals surface area contributed by atoms with Crippen molar-refractivity contribution in [2.45, 2.75) is 72.4 Å². The fourth-order valence-corrected chi connectivity index (χ4v) is 2.96. The summed E-state index contributed by atoms with van der Waals surface area (Å²) in [6, 6.07) is -0.0990. The number of hydrogen-bond donors (Lipinski definition) is 3. The maximum absolute atomic E-state index is 12.1. The molecule has 8 heteroatoms. The number of nitrogens with one attached hydrogen (secondary N) is 3. The average Bonchev–Trinajstić information content (AvgIpc) is 2.66. The molecule has 0 radical (unpaired) electrons. The lowest BCUT2D eigenvalue weighted by Crippen LogP contribution is -2.45. The minimum Gasteiger partial charge on any atom is -0.444 e. The third-order valence-corrected chi connectivity index (χ3v) is 4.75. The second-order valence-electron chi connectivity index (χ2n) is 9.13. The molecule has 0 saturated carbocycles. The number of amides is 1. The Hall–Kier alpha value is -1.54. The van der Waals surface area contributed by atoms with E-state index in [0.29, 0.717) is 12.5 Å². The molecule has 1 unspecified atom stereocenters. The Balaban J connectivity index is 2.35. The van der Waals surface area contributed by atoms with Crippen LogP contribution in [0.15, 0.2) is 4.99 Å². The number of carbonyl (C=O) groups excluding carboxylic acids is 1. The van der Waals surface area contributed by atoms with Crippen LogP contribution in [-0.4, -0.2) is 69.8 Å². The van der Waals surface area contributed by atoms with Gasteiger partial charge in [-0.1, -0.05) is 13.8 Å². The fraction of sp³-hybridized carbons (Fsp3) is 0.909. The zero-order valence-corrected chi connectivity index (χ0v) is 19.9. The molecule has 1 aliphatic rings. The Bertz CT molecular complexity index is 500. The molecule has 30 heavy (non-hydrogen) atoms. The molecule has 1 aliphatic heterocycles. The highest BCUT2D eigenvalue weighted by Gasteiger charge is 2.21. The highest BCUT2D eigenvalue weighted by Crippen LogP contribution is 2.14. The smallest absolute Gasteiger partial charge is 0.407 e. The van der Waals surface area contributed by atoms with E-state index in [4.69, 9.17) is 14.2 Å². The highest BCUT2D eigenvalue weighted by atomic mass is 16.6. The van der Waals surface area contributed by atoms with E-state index >= 15 is 0 Å². The number of hydrogen-bond acceptors (Lipinski definition) is 5. The van der Waals surface area contributed by atoms with Crippen LogP contribution in [0.25, 0.3) is 0 Å². The second kappa shape index (κ2) is 14.5. The number of aliphatic imine (C=N–C) groups is 1. The molecule has 1 fully saturated rings. The Labute approximate surface area is 182 Å². The van der Waals surface area contributed by atoms with Crippen molar-refractivity contribution >= 4 is 12.1 Å². The van der Waals surface area contributed by atoms with Crippen molar-refractivity contribution in [3.05, 3.63) is 0 Å². The van der Waals surface area contributed by atoms with Crippen LogP contribution in [0.3, 0.4) is 0 Å². The van der Waals surface area contributed by atoms with E-state index in [1.807, 2.05) is 27.7 Å². The summed E-state index contributed by atoms with van der Waals surface area (Å²) in [5.74, 6) is 1.62. The van der Waals surface area contributed by atoms with Gasteiger partial charge < -0.3 is 30.2 Å². The van der Waals surface area contributed by atoms with Gasteiger partial charge in [-0.25, -0.2) is 4.79 Å². The number of ether oxygens (including phenoxy) is 3. The maximum atomic E-state index is 12.1. The lowest BCUT2D eigenvalue weighted by Gasteiger charge is -2.25. The predicted molar refractivity (Wildman–Crippen MR) is 121 cm³/mol. The molecule has 0 aromatic carbocycles. The molecule has 8 nitrogen and oxygen atoms in total. The maximum Gasteiger partial charge on any atom is 0.407 e. The van der Waals surface area contributed by atoms with Gasteiger partial charge >= 0.3 is 6.09 Å². The molecular formula is C22H44N4O4. The summed E-state index contributed by atoms with van der Waals surface area (Å²) in [6.45, 7) is 17.0. The van der Waals surface area contributed by atoms with Crippen LogP contribution in [0.5, 0.6) is 0 Å². The van der Waals surface area contributed by atoms with Gasteiger partial charge in [0.05, 0.1) is 12.6 Å². The van der Waals surface area contributed by atoms with Crippen LogP contribution in [0.1, 0.15) is 60.8 Å². The molecule has 0 bridgehead atoms. The van der Waals surface area contributed by atoms with Gasteiger partial charge in [-0.05, 0) is 58.8 Å². The third kappa shape index (κ3) is 12.9. The first-order chi connectivity index (χ1) is 14.2. The van der Waals surface area contributed by atoms with Crippen LogP contribution in [0.4, 0.5) is 4.79 Å². The monoisotopic (exact) mass is 428 g/mol. The van der Waals surface area contributed by atoms with E-state index in [-0.39, 0.29) is 12.0 Å². The van der Waals surface area contributed by atoms with Gasteiger partial charge in [-0.2, -0.15) is 0 Å². The quantitative estimate of drug-likeness (QED) is 0.266. The van der Waals surface area contributed by atoms with Gasteiger partial charge in [-0.3, -0.25) is 4.99 Å². The largest absolute Gasteiger partial charge is 0.444 e. The van der Waals surface area contributed by atoms with Gasteiger partial charge in [-0.15, -0.1) is 0 Å². The summed E-state index contributed by atoms with van der Waals surface area (Å²) >= 11 is 0. The number of carbonyl (C=O) groups is 1. The predicted octanol–water partition coefficient (Wildman–Crippen LogP) is 2.92. The van der Waals surface area contributed by atoms with E-state index in [2.05, 4.69) is 34.8 Å². The zero-order valence-electron chi connectivity index (χ0n) is 19.9. The zero-order chi connectivity index (χ0) is 22.4. The fourth-order valence-electron chi connectivity index (χ4n) is 2.96. The van der Waals surface area contributed by atoms with Crippen molar-refractivity contribution < 1.29 is 19.0 Å². The summed E-state index contributed by atoms with van der Waals surface area (Å²) < 4.78 is 16.6. The van der Waals surface area contributed by atoms with E-state index in [1.54, 1.807) is 0 Å². The number of alkyl carbamates (subject to hydrolysis) is 1. The van der Waals surface area contributed by atoms with E-state index in [9.17, 15) is 4.79 Å². The molecule has 176 valence electrons. The molecule has 1 amide bonds. The standard InChI is InChI=1S/C22H44N4O4/c1-7-23-20(24-11-8-12-29-16-18-9-13-28-14-10-18)25-15-19(17(2)3)26-21(27)30-22(4,5)6/h17-19H,7-16H2,1-6H3,(H,26,27)(H2,23,24,25). The molecule has 0 spiro atoms. The normalized spacial score (nSPS) is 17.0. The Morgan fingerprint density at radius 2 is 1.90 bits per heavy atom. The van der Waals surface area contributed by atoms with Crippen LogP contribution in [0, 0.1) is 11.8 Å². The topological polar surface area (TPSA) is 93.2 Å². The van der Waals surface area contributed by atoms with Crippen LogP contribution in [0.2, 0.25) is 0 Å². The molecule has 1 rings (SSSR count). The Morgan fingerprint density at radius 3 is 2.50 bits per heavy atom. The first-order valence-electron chi connectivity index (χ1n) is 11.4. The van der Waals surface area contributed by atoms with Gasteiger partial charge in [0, 0.05) is 39.5 Å². The number of guanidine groups is 1. The molecule has 1 atom stereocenters. The third-order valence-electron chi connectivity index (χ3n) is 4.75. The average molecular weight is 429 g/mol. The van der Waals surface area contributed by atoms with Crippen LogP contribution < -0.4 is 16.0 Å². The van der Waals surface area contributed by atoms with Crippen molar-refractivity contribution in [1.29, 1.82) is 0 Å². The van der Waals surface area contributed by atoms with Crippen molar-refractivity contribution in [3.8, 4) is 0 Å². The van der Waals surface area contributed by atoms with Crippen molar-refractivity contribution in [3.63, 3.8) is 0 Å². The summed E-state index contributed by atoms with van der Waals surface area (Å²) in [4.78, 5) is 16.7. The highest BCUT2D eigenvalue weighted by molar-refractivity contribution is 5.79.